The molecular weight excluding hydrogens is 263 g/mol. The number of hydrogen-bond acceptors (Lipinski definition) is 1. The minimum atomic E-state index is -2.04. The van der Waals surface area contributed by atoms with Gasteiger partial charge in [0.2, 0.25) is 0 Å². The molecule has 0 unspecified atom stereocenters. The molecule has 2 nitrogen and oxygen atoms in total. The summed E-state index contributed by atoms with van der Waals surface area (Å²) in [7, 11) is 0. The fourth-order valence-electron chi connectivity index (χ4n) is 2.16. The van der Waals surface area contributed by atoms with Gasteiger partial charge in [-0.05, 0) is 6.42 Å². The van der Waals surface area contributed by atoms with Crippen molar-refractivity contribution in [3.8, 4) is 0 Å². The van der Waals surface area contributed by atoms with Crippen LogP contribution in [0.5, 0.6) is 0 Å². The van der Waals surface area contributed by atoms with Crippen LogP contribution in [0, 0.1) is 0 Å². The van der Waals surface area contributed by atoms with Crippen LogP contribution in [-0.2, 0) is 4.79 Å². The van der Waals surface area contributed by atoms with Gasteiger partial charge in [-0.2, -0.15) is 0 Å². The van der Waals surface area contributed by atoms with Gasteiger partial charge in [0, 0.05) is 60.5 Å². The van der Waals surface area contributed by atoms with E-state index in [9.17, 15) is 4.79 Å². The predicted octanol–water partition coefficient (Wildman–Crippen LogP) is 5.17. The summed E-state index contributed by atoms with van der Waals surface area (Å²) in [5.74, 6) is -1.33. The molecule has 0 aliphatic carbocycles. The second-order valence-corrected chi connectivity index (χ2v) is 5.12. The molecule has 0 spiro atoms. The Kier molecular flexibility index (Phi) is 18.3. The van der Waals surface area contributed by atoms with Crippen LogP contribution >= 0.6 is 0 Å². The molecule has 0 rings (SSSR count). The van der Waals surface area contributed by atoms with Gasteiger partial charge in [0.25, 0.3) is 0 Å². The first-order chi connectivity index (χ1) is 9.50. The number of rotatable bonds is 14. The van der Waals surface area contributed by atoms with Crippen LogP contribution < -0.4 is 0 Å². The first-order valence-corrected chi connectivity index (χ1v) is 7.74. The summed E-state index contributed by atoms with van der Waals surface area (Å²) in [5, 5.41) is 8.64. The van der Waals surface area contributed by atoms with Crippen molar-refractivity contribution in [3.05, 3.63) is 0 Å². The third kappa shape index (κ3) is 21.6. The minimum Gasteiger partial charge on any atom is -0.481 e. The number of aliphatic carboxylic acids is 1. The molecule has 0 saturated carbocycles. The van der Waals surface area contributed by atoms with E-state index in [1.807, 2.05) is 0 Å². The Morgan fingerprint density at radius 1 is 0.789 bits per heavy atom. The van der Waals surface area contributed by atoms with Gasteiger partial charge in [-0.25, -0.2) is 0 Å². The smallest absolute Gasteiger partial charge is 0.303 e. The van der Waals surface area contributed by atoms with E-state index < -0.39 is 12.3 Å². The molecular formula is C16H32KO2. The molecule has 19 heavy (non-hydrogen) atoms. The topological polar surface area (TPSA) is 37.3 Å². The summed E-state index contributed by atoms with van der Waals surface area (Å²) >= 11 is 0. The molecule has 0 heterocycles. The van der Waals surface area contributed by atoms with Gasteiger partial charge < -0.3 is 5.11 Å². The second kappa shape index (κ2) is 19.1. The summed E-state index contributed by atoms with van der Waals surface area (Å²) < 4.78 is 14.6. The van der Waals surface area contributed by atoms with Gasteiger partial charge in [0.1, 0.15) is 0 Å². The minimum absolute atomic E-state index is 0. The first-order valence-electron chi connectivity index (χ1n) is 8.74. The van der Waals surface area contributed by atoms with Crippen molar-refractivity contribution >= 4 is 57.4 Å². The molecule has 0 aromatic rings. The summed E-state index contributed by atoms with van der Waals surface area (Å²) in [6, 6.07) is 0. The van der Waals surface area contributed by atoms with Crippen LogP contribution in [0.1, 0.15) is 99.5 Å². The van der Waals surface area contributed by atoms with Crippen LogP contribution in [0.2, 0.25) is 0 Å². The number of hydrogen-bond donors (Lipinski definition) is 1. The van der Waals surface area contributed by atoms with Crippen LogP contribution in [0.3, 0.4) is 0 Å². The van der Waals surface area contributed by atoms with E-state index in [0.717, 1.165) is 12.8 Å². The van der Waals surface area contributed by atoms with Crippen molar-refractivity contribution < 1.29 is 12.6 Å². The molecule has 0 atom stereocenters. The van der Waals surface area contributed by atoms with Gasteiger partial charge >= 0.3 is 5.97 Å². The second-order valence-electron chi connectivity index (χ2n) is 5.12. The summed E-state index contributed by atoms with van der Waals surface area (Å²) in [6.45, 7) is 2.24. The molecule has 0 amide bonds. The molecule has 1 N–H and O–H groups in total. The summed E-state index contributed by atoms with van der Waals surface area (Å²) in [4.78, 5) is 10.6. The quantitative estimate of drug-likeness (QED) is 0.355. The number of unbranched alkanes of at least 4 members (excludes halogenated alkanes) is 11. The first kappa shape index (κ1) is 18.2. The molecule has 0 aliphatic rings. The SMILES string of the molecule is [2H]C([2H])(CCCCCCCCCCCCCC)C(=O)O.[K]. The number of carboxylic acids is 1. The Balaban J connectivity index is 0. The van der Waals surface area contributed by atoms with Crippen molar-refractivity contribution in [2.75, 3.05) is 0 Å². The average molecular weight is 298 g/mol. The fraction of sp³-hybridized carbons (Fsp3) is 0.938. The molecule has 0 bridgehead atoms. The van der Waals surface area contributed by atoms with E-state index in [-0.39, 0.29) is 57.8 Å². The number of carbonyl (C=O) groups is 1. The molecule has 0 aromatic carbocycles. The van der Waals surface area contributed by atoms with Gasteiger partial charge in [-0.15, -0.1) is 0 Å². The average Bonchev–Trinajstić information content (AvgIpc) is 2.39. The van der Waals surface area contributed by atoms with E-state index in [1.54, 1.807) is 0 Å². The largest absolute Gasteiger partial charge is 0.481 e. The van der Waals surface area contributed by atoms with Crippen LogP contribution in [-0.4, -0.2) is 62.5 Å². The van der Waals surface area contributed by atoms with E-state index in [4.69, 9.17) is 7.85 Å². The molecule has 0 aromatic heterocycles. The maximum atomic E-state index is 10.6. The standard InChI is InChI=1S/C16H32O2.K/c1-2-3-4-5-6-7-8-9-10-11-12-13-14-15-16(17)18;/h2-15H2,1H3,(H,17,18);/i15D2;. The molecule has 109 valence electrons. The van der Waals surface area contributed by atoms with Crippen molar-refractivity contribution in [2.45, 2.75) is 96.8 Å². The monoisotopic (exact) mass is 297 g/mol. The van der Waals surface area contributed by atoms with Gasteiger partial charge in [0.15, 0.2) is 0 Å². The summed E-state index contributed by atoms with van der Waals surface area (Å²) in [5.41, 5.74) is 0. The van der Waals surface area contributed by atoms with Crippen molar-refractivity contribution in [3.63, 3.8) is 0 Å². The predicted molar refractivity (Wildman–Crippen MR) is 83.7 cm³/mol. The zero-order valence-corrected chi connectivity index (χ0v) is 16.2. The van der Waals surface area contributed by atoms with E-state index in [1.165, 1.54) is 57.8 Å². The third-order valence-electron chi connectivity index (χ3n) is 3.31. The maximum Gasteiger partial charge on any atom is 0.303 e. The van der Waals surface area contributed by atoms with Gasteiger partial charge in [0.05, 0.1) is 0 Å². The Bertz CT molecular complexity index is 248. The Hall–Kier alpha value is 1.11. The fourth-order valence-corrected chi connectivity index (χ4v) is 2.16. The Labute approximate surface area is 165 Å². The van der Waals surface area contributed by atoms with Gasteiger partial charge in [-0.3, -0.25) is 4.79 Å². The van der Waals surface area contributed by atoms with Crippen LogP contribution in [0.15, 0.2) is 0 Å². The Morgan fingerprint density at radius 2 is 1.11 bits per heavy atom. The van der Waals surface area contributed by atoms with Gasteiger partial charge in [-0.1, -0.05) is 84.0 Å². The van der Waals surface area contributed by atoms with Crippen LogP contribution in [0.25, 0.3) is 0 Å². The van der Waals surface area contributed by atoms with Crippen LogP contribution in [0.4, 0.5) is 0 Å². The zero-order chi connectivity index (χ0) is 15.3. The van der Waals surface area contributed by atoms with Crippen molar-refractivity contribution in [1.82, 2.24) is 0 Å². The zero-order valence-electron chi connectivity index (χ0n) is 15.0. The third-order valence-corrected chi connectivity index (χ3v) is 3.31. The van der Waals surface area contributed by atoms with E-state index >= 15 is 0 Å². The Morgan fingerprint density at radius 3 is 1.42 bits per heavy atom. The molecule has 0 fully saturated rings. The maximum absolute atomic E-state index is 10.6. The van der Waals surface area contributed by atoms with E-state index in [0.29, 0.717) is 6.42 Å². The summed E-state index contributed by atoms with van der Waals surface area (Å²) in [6.07, 6.45) is 12.7. The normalized spacial score (nSPS) is 12.5. The van der Waals surface area contributed by atoms with E-state index in [2.05, 4.69) is 6.92 Å². The molecule has 0 aliphatic heterocycles. The molecule has 3 heteroatoms. The van der Waals surface area contributed by atoms with Crippen molar-refractivity contribution in [2.24, 2.45) is 0 Å². The molecule has 1 radical (unpaired) electrons. The van der Waals surface area contributed by atoms with Crippen molar-refractivity contribution in [1.29, 1.82) is 0 Å². The molecule has 0 saturated heterocycles. The number of carboxylic acid groups (broad SMARTS) is 1.